The minimum atomic E-state index is -0.225. The van der Waals surface area contributed by atoms with Gasteiger partial charge in [0.25, 0.3) is 5.91 Å². The van der Waals surface area contributed by atoms with Crippen LogP contribution in [-0.2, 0) is 16.6 Å². The lowest BCUT2D eigenvalue weighted by Crippen LogP contribution is -2.21. The number of hydrogen-bond donors (Lipinski definition) is 2. The van der Waals surface area contributed by atoms with Crippen molar-refractivity contribution in [2.45, 2.75) is 0 Å². The van der Waals surface area contributed by atoms with Crippen molar-refractivity contribution >= 4 is 11.7 Å². The zero-order valence-corrected chi connectivity index (χ0v) is 8.06. The minimum absolute atomic E-state index is 0.00771. The third kappa shape index (κ3) is 3.55. The van der Waals surface area contributed by atoms with Gasteiger partial charge in [-0.05, 0) is 0 Å². The molecule has 0 saturated heterocycles. The molecule has 0 saturated carbocycles. The molecule has 0 aliphatic carbocycles. The molecule has 1 amide bonds. The Labute approximate surface area is 82.0 Å². The number of aromatic nitrogens is 2. The molecule has 1 aromatic heterocycles. The Morgan fingerprint density at radius 3 is 3.14 bits per heavy atom. The van der Waals surface area contributed by atoms with Crippen molar-refractivity contribution in [1.82, 2.24) is 9.78 Å². The summed E-state index contributed by atoms with van der Waals surface area (Å²) in [5.74, 6) is 0.297. The molecule has 0 unspecified atom stereocenters. The van der Waals surface area contributed by atoms with Gasteiger partial charge in [-0.25, -0.2) is 0 Å². The highest BCUT2D eigenvalue weighted by atomic mass is 16.5. The summed E-state index contributed by atoms with van der Waals surface area (Å²) in [4.78, 5) is 11.2. The molecule has 6 heteroatoms. The molecule has 0 bridgehead atoms. The van der Waals surface area contributed by atoms with Gasteiger partial charge >= 0.3 is 0 Å². The number of carbonyl (C=O) groups is 1. The zero-order chi connectivity index (χ0) is 10.4. The van der Waals surface area contributed by atoms with Gasteiger partial charge in [0.15, 0.2) is 5.82 Å². The van der Waals surface area contributed by atoms with Crippen molar-refractivity contribution in [3.63, 3.8) is 0 Å². The van der Waals surface area contributed by atoms with Crippen LogP contribution in [0.2, 0.25) is 0 Å². The fraction of sp³-hybridized carbons (Fsp3) is 0.500. The molecular formula is C8H14N4O2. The van der Waals surface area contributed by atoms with Crippen molar-refractivity contribution in [3.05, 3.63) is 12.3 Å². The standard InChI is InChI=1S/C8H14N4O2/c1-12-4-2-7(11-12)10-8(13)6-14-5-3-9/h2,4H,3,5-6,9H2,1H3,(H,10,11,13). The maximum atomic E-state index is 11.2. The van der Waals surface area contributed by atoms with Crippen molar-refractivity contribution < 1.29 is 9.53 Å². The number of nitrogens with two attached hydrogens (primary N) is 1. The SMILES string of the molecule is Cn1ccc(NC(=O)COCCN)n1. The first kappa shape index (κ1) is 10.7. The normalized spacial score (nSPS) is 10.1. The Kier molecular flexibility index (Phi) is 4.09. The van der Waals surface area contributed by atoms with Crippen LogP contribution in [0, 0.1) is 0 Å². The second-order valence-corrected chi connectivity index (χ2v) is 2.76. The highest BCUT2D eigenvalue weighted by Gasteiger charge is 2.03. The molecule has 0 aliphatic rings. The molecule has 1 heterocycles. The number of carbonyl (C=O) groups excluding carboxylic acids is 1. The van der Waals surface area contributed by atoms with E-state index in [2.05, 4.69) is 10.4 Å². The van der Waals surface area contributed by atoms with Crippen molar-refractivity contribution in [2.24, 2.45) is 12.8 Å². The van der Waals surface area contributed by atoms with Gasteiger partial charge in [0.2, 0.25) is 0 Å². The van der Waals surface area contributed by atoms with E-state index in [1.165, 1.54) is 0 Å². The summed E-state index contributed by atoms with van der Waals surface area (Å²) in [6, 6.07) is 1.71. The summed E-state index contributed by atoms with van der Waals surface area (Å²) in [6.07, 6.45) is 1.75. The highest BCUT2D eigenvalue weighted by Crippen LogP contribution is 1.99. The number of nitrogens with zero attached hydrogens (tertiary/aromatic N) is 2. The first-order valence-corrected chi connectivity index (χ1v) is 4.29. The molecule has 6 nitrogen and oxygen atoms in total. The van der Waals surface area contributed by atoms with Gasteiger partial charge in [-0.15, -0.1) is 0 Å². The van der Waals surface area contributed by atoms with Gasteiger partial charge < -0.3 is 15.8 Å². The quantitative estimate of drug-likeness (QED) is 0.615. The Morgan fingerprint density at radius 1 is 1.79 bits per heavy atom. The Morgan fingerprint density at radius 2 is 2.57 bits per heavy atom. The number of ether oxygens (including phenoxy) is 1. The predicted octanol–water partition coefficient (Wildman–Crippen LogP) is -0.666. The maximum Gasteiger partial charge on any atom is 0.251 e. The summed E-state index contributed by atoms with van der Waals surface area (Å²) in [7, 11) is 1.78. The molecule has 0 aliphatic heterocycles. The lowest BCUT2D eigenvalue weighted by atomic mass is 10.5. The summed E-state index contributed by atoms with van der Waals surface area (Å²) >= 11 is 0. The number of aryl methyl sites for hydroxylation is 1. The largest absolute Gasteiger partial charge is 0.370 e. The van der Waals surface area contributed by atoms with Crippen LogP contribution in [-0.4, -0.2) is 35.4 Å². The molecule has 0 atom stereocenters. The minimum Gasteiger partial charge on any atom is -0.370 e. The summed E-state index contributed by atoms with van der Waals surface area (Å²) in [5.41, 5.74) is 5.20. The smallest absolute Gasteiger partial charge is 0.251 e. The number of rotatable bonds is 5. The average Bonchev–Trinajstić information content (AvgIpc) is 2.52. The van der Waals surface area contributed by atoms with Gasteiger partial charge in [-0.1, -0.05) is 0 Å². The zero-order valence-electron chi connectivity index (χ0n) is 8.06. The van der Waals surface area contributed by atoms with E-state index in [0.29, 0.717) is 19.0 Å². The van der Waals surface area contributed by atoms with Crippen molar-refractivity contribution in [1.29, 1.82) is 0 Å². The van der Waals surface area contributed by atoms with E-state index in [4.69, 9.17) is 10.5 Å². The van der Waals surface area contributed by atoms with Crippen LogP contribution in [0.25, 0.3) is 0 Å². The third-order valence-electron chi connectivity index (χ3n) is 1.48. The van der Waals surface area contributed by atoms with Crippen LogP contribution in [0.4, 0.5) is 5.82 Å². The molecule has 3 N–H and O–H groups in total. The lowest BCUT2D eigenvalue weighted by Gasteiger charge is -2.02. The van der Waals surface area contributed by atoms with E-state index in [1.807, 2.05) is 0 Å². The highest BCUT2D eigenvalue weighted by molar-refractivity contribution is 5.90. The molecule has 14 heavy (non-hydrogen) atoms. The topological polar surface area (TPSA) is 82.2 Å². The second kappa shape index (κ2) is 5.36. The van der Waals surface area contributed by atoms with E-state index >= 15 is 0 Å². The van der Waals surface area contributed by atoms with Crippen LogP contribution >= 0.6 is 0 Å². The monoisotopic (exact) mass is 198 g/mol. The molecule has 0 fully saturated rings. The van der Waals surface area contributed by atoms with Gasteiger partial charge in [-0.3, -0.25) is 9.48 Å². The van der Waals surface area contributed by atoms with Gasteiger partial charge in [0.1, 0.15) is 6.61 Å². The molecular weight excluding hydrogens is 184 g/mol. The first-order chi connectivity index (χ1) is 6.72. The molecule has 0 radical (unpaired) electrons. The van der Waals surface area contributed by atoms with Crippen LogP contribution in [0.3, 0.4) is 0 Å². The molecule has 78 valence electrons. The number of anilines is 1. The summed E-state index contributed by atoms with van der Waals surface area (Å²) < 4.78 is 6.56. The molecule has 1 aromatic rings. The van der Waals surface area contributed by atoms with Crippen molar-refractivity contribution in [2.75, 3.05) is 25.1 Å². The Bertz CT molecular complexity index is 297. The second-order valence-electron chi connectivity index (χ2n) is 2.76. The molecule has 0 aromatic carbocycles. The van der Waals surface area contributed by atoms with Gasteiger partial charge in [0.05, 0.1) is 6.61 Å². The third-order valence-corrected chi connectivity index (χ3v) is 1.48. The Balaban J connectivity index is 2.27. The van der Waals surface area contributed by atoms with E-state index in [9.17, 15) is 4.79 Å². The number of amides is 1. The van der Waals surface area contributed by atoms with Gasteiger partial charge in [-0.2, -0.15) is 5.10 Å². The van der Waals surface area contributed by atoms with E-state index < -0.39 is 0 Å². The van der Waals surface area contributed by atoms with Crippen LogP contribution in [0.1, 0.15) is 0 Å². The fourth-order valence-corrected chi connectivity index (χ4v) is 0.909. The van der Waals surface area contributed by atoms with E-state index in [0.717, 1.165) is 0 Å². The van der Waals surface area contributed by atoms with E-state index in [-0.39, 0.29) is 12.5 Å². The maximum absolute atomic E-state index is 11.2. The fourth-order valence-electron chi connectivity index (χ4n) is 0.909. The lowest BCUT2D eigenvalue weighted by molar-refractivity contribution is -0.120. The molecule has 1 rings (SSSR count). The van der Waals surface area contributed by atoms with E-state index in [1.54, 1.807) is 24.0 Å². The van der Waals surface area contributed by atoms with Crippen molar-refractivity contribution in [3.8, 4) is 0 Å². The number of hydrogen-bond acceptors (Lipinski definition) is 4. The number of nitrogens with one attached hydrogen (secondary N) is 1. The first-order valence-electron chi connectivity index (χ1n) is 4.29. The van der Waals surface area contributed by atoms with Crippen LogP contribution < -0.4 is 11.1 Å². The summed E-state index contributed by atoms with van der Waals surface area (Å²) in [6.45, 7) is 0.806. The van der Waals surface area contributed by atoms with Crippen LogP contribution in [0.15, 0.2) is 12.3 Å². The summed E-state index contributed by atoms with van der Waals surface area (Å²) in [5, 5.41) is 6.57. The molecule has 0 spiro atoms. The predicted molar refractivity (Wildman–Crippen MR) is 51.7 cm³/mol. The van der Waals surface area contributed by atoms with Gasteiger partial charge in [0, 0.05) is 25.9 Å². The Hall–Kier alpha value is -1.40. The van der Waals surface area contributed by atoms with Crippen LogP contribution in [0.5, 0.6) is 0 Å². The average molecular weight is 198 g/mol.